The molecule has 5 nitrogen and oxygen atoms in total. The summed E-state index contributed by atoms with van der Waals surface area (Å²) >= 11 is 0. The lowest BCUT2D eigenvalue weighted by atomic mass is 10.1. The summed E-state index contributed by atoms with van der Waals surface area (Å²) in [4.78, 5) is 14.1. The predicted molar refractivity (Wildman–Crippen MR) is 79.3 cm³/mol. The number of rotatable bonds is 4. The third kappa shape index (κ3) is 3.72. The van der Waals surface area contributed by atoms with Crippen LogP contribution >= 0.6 is 0 Å². The third-order valence-electron chi connectivity index (χ3n) is 3.63. The van der Waals surface area contributed by atoms with Gasteiger partial charge in [0.15, 0.2) is 0 Å². The molecule has 0 spiro atoms. The second kappa shape index (κ2) is 5.83. The van der Waals surface area contributed by atoms with Crippen molar-refractivity contribution in [1.82, 2.24) is 4.90 Å². The molecule has 1 aromatic carbocycles. The number of nitrogens with zero attached hydrogens (tertiary/aromatic N) is 1. The van der Waals surface area contributed by atoms with Crippen LogP contribution in [0.4, 0.5) is 5.69 Å². The Morgan fingerprint density at radius 2 is 1.75 bits per heavy atom. The normalized spacial score (nSPS) is 16.1. The minimum Gasteiger partial charge on any atom is -0.339 e. The number of benzene rings is 1. The molecule has 1 saturated carbocycles. The van der Waals surface area contributed by atoms with E-state index in [1.165, 1.54) is 12.8 Å². The summed E-state index contributed by atoms with van der Waals surface area (Å²) in [6, 6.07) is 6.85. The van der Waals surface area contributed by atoms with Gasteiger partial charge >= 0.3 is 0 Å². The van der Waals surface area contributed by atoms with E-state index < -0.39 is 10.0 Å². The summed E-state index contributed by atoms with van der Waals surface area (Å²) in [5.41, 5.74) is 1.05. The van der Waals surface area contributed by atoms with Crippen molar-refractivity contribution in [3.8, 4) is 0 Å². The van der Waals surface area contributed by atoms with Crippen molar-refractivity contribution >= 4 is 21.6 Å². The molecule has 0 heterocycles. The Morgan fingerprint density at radius 3 is 2.25 bits per heavy atom. The van der Waals surface area contributed by atoms with Gasteiger partial charge in [0.05, 0.1) is 6.26 Å². The van der Waals surface area contributed by atoms with Gasteiger partial charge in [-0.2, -0.15) is 0 Å². The second-order valence-corrected chi connectivity index (χ2v) is 7.05. The molecule has 0 aliphatic heterocycles. The fourth-order valence-electron chi connectivity index (χ4n) is 2.56. The Morgan fingerprint density at radius 1 is 1.20 bits per heavy atom. The topological polar surface area (TPSA) is 66.5 Å². The van der Waals surface area contributed by atoms with E-state index >= 15 is 0 Å². The van der Waals surface area contributed by atoms with Gasteiger partial charge in [-0.05, 0) is 37.1 Å². The van der Waals surface area contributed by atoms with E-state index in [9.17, 15) is 13.2 Å². The smallest absolute Gasteiger partial charge is 0.253 e. The molecule has 0 radical (unpaired) electrons. The number of carbonyl (C=O) groups excluding carboxylic acids is 1. The molecule has 0 unspecified atom stereocenters. The number of anilines is 1. The van der Waals surface area contributed by atoms with Crippen LogP contribution in [0.25, 0.3) is 0 Å². The number of sulfonamides is 1. The summed E-state index contributed by atoms with van der Waals surface area (Å²) in [5, 5.41) is 0. The molecule has 0 bridgehead atoms. The average Bonchev–Trinajstić information content (AvgIpc) is 2.90. The molecule has 1 aliphatic rings. The molecule has 2 rings (SSSR count). The first-order chi connectivity index (χ1) is 9.37. The van der Waals surface area contributed by atoms with Crippen LogP contribution in [0, 0.1) is 0 Å². The van der Waals surface area contributed by atoms with Gasteiger partial charge in [0, 0.05) is 24.3 Å². The van der Waals surface area contributed by atoms with Crippen LogP contribution < -0.4 is 4.72 Å². The van der Waals surface area contributed by atoms with Gasteiger partial charge in [-0.1, -0.05) is 12.8 Å². The van der Waals surface area contributed by atoms with Crippen molar-refractivity contribution in [1.29, 1.82) is 0 Å². The molecular weight excluding hydrogens is 276 g/mol. The predicted octanol–water partition coefficient (Wildman–Crippen LogP) is 2.07. The van der Waals surface area contributed by atoms with Crippen molar-refractivity contribution in [2.24, 2.45) is 0 Å². The maximum Gasteiger partial charge on any atom is 0.253 e. The van der Waals surface area contributed by atoms with E-state index in [4.69, 9.17) is 0 Å². The summed E-state index contributed by atoms with van der Waals surface area (Å²) in [5.74, 6) is -0.0113. The third-order valence-corrected chi connectivity index (χ3v) is 4.23. The quantitative estimate of drug-likeness (QED) is 0.925. The van der Waals surface area contributed by atoms with E-state index in [1.807, 2.05) is 7.05 Å². The summed E-state index contributed by atoms with van der Waals surface area (Å²) in [7, 11) is -1.45. The molecule has 6 heteroatoms. The SMILES string of the molecule is CN(C(=O)c1ccc(NS(C)(=O)=O)cc1)C1CCCC1. The van der Waals surface area contributed by atoms with E-state index in [2.05, 4.69) is 4.72 Å². The van der Waals surface area contributed by atoms with Crippen molar-refractivity contribution in [2.75, 3.05) is 18.0 Å². The van der Waals surface area contributed by atoms with Crippen molar-refractivity contribution in [3.05, 3.63) is 29.8 Å². The van der Waals surface area contributed by atoms with Gasteiger partial charge in [0.2, 0.25) is 10.0 Å². The second-order valence-electron chi connectivity index (χ2n) is 5.31. The van der Waals surface area contributed by atoms with Crippen molar-refractivity contribution < 1.29 is 13.2 Å². The van der Waals surface area contributed by atoms with Gasteiger partial charge < -0.3 is 4.90 Å². The lowest BCUT2D eigenvalue weighted by Gasteiger charge is -2.24. The van der Waals surface area contributed by atoms with Crippen molar-refractivity contribution in [2.45, 2.75) is 31.7 Å². The minimum atomic E-state index is -3.29. The zero-order chi connectivity index (χ0) is 14.8. The fraction of sp³-hybridized carbons (Fsp3) is 0.500. The highest BCUT2D eigenvalue weighted by Gasteiger charge is 2.24. The van der Waals surface area contributed by atoms with Gasteiger partial charge in [0.1, 0.15) is 0 Å². The summed E-state index contributed by atoms with van der Waals surface area (Å²) in [6.45, 7) is 0. The zero-order valence-electron chi connectivity index (χ0n) is 11.8. The summed E-state index contributed by atoms with van der Waals surface area (Å²) in [6.07, 6.45) is 5.59. The Labute approximate surface area is 120 Å². The minimum absolute atomic E-state index is 0.0113. The maximum absolute atomic E-state index is 12.3. The van der Waals surface area contributed by atoms with Gasteiger partial charge in [-0.3, -0.25) is 9.52 Å². The highest BCUT2D eigenvalue weighted by molar-refractivity contribution is 7.92. The van der Waals surface area contributed by atoms with Gasteiger partial charge in [-0.25, -0.2) is 8.42 Å². The van der Waals surface area contributed by atoms with Crippen LogP contribution in [-0.2, 0) is 10.0 Å². The first-order valence-electron chi connectivity index (χ1n) is 6.72. The van der Waals surface area contributed by atoms with Gasteiger partial charge in [0.25, 0.3) is 5.91 Å². The number of hydrogen-bond acceptors (Lipinski definition) is 3. The lowest BCUT2D eigenvalue weighted by molar-refractivity contribution is 0.0735. The first-order valence-corrected chi connectivity index (χ1v) is 8.61. The van der Waals surface area contributed by atoms with E-state index in [1.54, 1.807) is 29.2 Å². The molecule has 0 aromatic heterocycles. The lowest BCUT2D eigenvalue weighted by Crippen LogP contribution is -2.35. The van der Waals surface area contributed by atoms with Crippen LogP contribution in [0.15, 0.2) is 24.3 Å². The van der Waals surface area contributed by atoms with Crippen LogP contribution in [0.3, 0.4) is 0 Å². The molecule has 1 aliphatic carbocycles. The molecule has 20 heavy (non-hydrogen) atoms. The standard InChI is InChI=1S/C14H20N2O3S/c1-16(13-5-3-4-6-13)14(17)11-7-9-12(10-8-11)15-20(2,18)19/h7-10,13,15H,3-6H2,1-2H3. The average molecular weight is 296 g/mol. The van der Waals surface area contributed by atoms with Crippen LogP contribution in [0.2, 0.25) is 0 Å². The maximum atomic E-state index is 12.3. The Hall–Kier alpha value is -1.56. The number of nitrogens with one attached hydrogen (secondary N) is 1. The van der Waals surface area contributed by atoms with E-state index in [0.29, 0.717) is 17.3 Å². The molecule has 1 N–H and O–H groups in total. The highest BCUT2D eigenvalue weighted by Crippen LogP contribution is 2.24. The van der Waals surface area contributed by atoms with Crippen LogP contribution in [0.5, 0.6) is 0 Å². The number of amides is 1. The molecule has 0 saturated heterocycles. The molecular formula is C14H20N2O3S. The molecule has 110 valence electrons. The van der Waals surface area contributed by atoms with Crippen LogP contribution in [-0.4, -0.2) is 38.6 Å². The van der Waals surface area contributed by atoms with Crippen molar-refractivity contribution in [3.63, 3.8) is 0 Å². The zero-order valence-corrected chi connectivity index (χ0v) is 12.6. The highest BCUT2D eigenvalue weighted by atomic mass is 32.2. The first kappa shape index (κ1) is 14.8. The molecule has 0 atom stereocenters. The number of carbonyl (C=O) groups is 1. The Balaban J connectivity index is 2.07. The Kier molecular flexibility index (Phi) is 4.32. The van der Waals surface area contributed by atoms with E-state index in [0.717, 1.165) is 19.1 Å². The van der Waals surface area contributed by atoms with Gasteiger partial charge in [-0.15, -0.1) is 0 Å². The Bertz CT molecular complexity index is 575. The fourth-order valence-corrected chi connectivity index (χ4v) is 3.12. The molecule has 1 amide bonds. The number of hydrogen-bond donors (Lipinski definition) is 1. The monoisotopic (exact) mass is 296 g/mol. The molecule has 1 aromatic rings. The largest absolute Gasteiger partial charge is 0.339 e. The van der Waals surface area contributed by atoms with Crippen LogP contribution in [0.1, 0.15) is 36.0 Å². The van der Waals surface area contributed by atoms with E-state index in [-0.39, 0.29) is 5.91 Å². The molecule has 1 fully saturated rings. The summed E-state index contributed by atoms with van der Waals surface area (Å²) < 4.78 is 24.6.